The van der Waals surface area contributed by atoms with E-state index in [9.17, 15) is 26.7 Å². The Morgan fingerprint density at radius 2 is 1.85 bits per heavy atom. The number of carbonyl (C=O) groups excluding carboxylic acids is 1. The zero-order chi connectivity index (χ0) is 18.9. The maximum Gasteiger partial charge on any atom is 0.416 e. The van der Waals surface area contributed by atoms with Crippen molar-refractivity contribution in [1.29, 1.82) is 0 Å². The normalized spacial score (nSPS) is 11.4. The van der Waals surface area contributed by atoms with Crippen molar-refractivity contribution in [1.82, 2.24) is 14.8 Å². The van der Waals surface area contributed by atoms with E-state index in [0.29, 0.717) is 12.1 Å². The van der Waals surface area contributed by atoms with Gasteiger partial charge in [-0.05, 0) is 30.3 Å². The van der Waals surface area contributed by atoms with E-state index >= 15 is 0 Å². The van der Waals surface area contributed by atoms with Gasteiger partial charge in [-0.15, -0.1) is 0 Å². The molecule has 0 saturated carbocycles. The van der Waals surface area contributed by atoms with Gasteiger partial charge in [0.05, 0.1) is 22.5 Å². The Kier molecular flexibility index (Phi) is 4.41. The average Bonchev–Trinajstić information content (AvgIpc) is 3.08. The van der Waals surface area contributed by atoms with E-state index in [1.165, 1.54) is 6.33 Å². The Morgan fingerprint density at radius 3 is 2.46 bits per heavy atom. The van der Waals surface area contributed by atoms with Crippen LogP contribution in [0.1, 0.15) is 15.9 Å². The largest absolute Gasteiger partial charge is 0.416 e. The number of nitrogens with zero attached hydrogens (tertiary/aromatic N) is 3. The smallest absolute Gasteiger partial charge is 0.320 e. The van der Waals surface area contributed by atoms with E-state index in [2.05, 4.69) is 15.4 Å². The van der Waals surface area contributed by atoms with E-state index in [1.54, 1.807) is 0 Å². The van der Waals surface area contributed by atoms with Gasteiger partial charge in [-0.1, -0.05) is 0 Å². The van der Waals surface area contributed by atoms with Crippen LogP contribution in [0.4, 0.5) is 27.6 Å². The van der Waals surface area contributed by atoms with Crippen LogP contribution in [0.25, 0.3) is 5.69 Å². The van der Waals surface area contributed by atoms with Gasteiger partial charge in [-0.2, -0.15) is 18.3 Å². The van der Waals surface area contributed by atoms with Crippen molar-refractivity contribution in [3.05, 3.63) is 71.8 Å². The van der Waals surface area contributed by atoms with Gasteiger partial charge < -0.3 is 5.32 Å². The van der Waals surface area contributed by atoms with Crippen LogP contribution in [0.5, 0.6) is 0 Å². The monoisotopic (exact) mass is 368 g/mol. The van der Waals surface area contributed by atoms with Crippen LogP contribution in [-0.2, 0) is 6.18 Å². The lowest BCUT2D eigenvalue weighted by atomic mass is 10.1. The minimum Gasteiger partial charge on any atom is -0.320 e. The maximum absolute atomic E-state index is 13.7. The molecule has 1 amide bonds. The molecular weight excluding hydrogens is 359 g/mol. The number of anilines is 1. The first-order chi connectivity index (χ1) is 12.3. The summed E-state index contributed by atoms with van der Waals surface area (Å²) in [6.07, 6.45) is -2.28. The number of rotatable bonds is 3. The zero-order valence-electron chi connectivity index (χ0n) is 12.8. The van der Waals surface area contributed by atoms with Crippen molar-refractivity contribution >= 4 is 11.6 Å². The Balaban J connectivity index is 2.02. The van der Waals surface area contributed by atoms with Crippen molar-refractivity contribution in [2.24, 2.45) is 0 Å². The Hall–Kier alpha value is -3.30. The molecule has 2 aromatic carbocycles. The summed E-state index contributed by atoms with van der Waals surface area (Å²) in [6, 6.07) is 4.85. The van der Waals surface area contributed by atoms with Crippen LogP contribution in [-0.4, -0.2) is 20.7 Å². The second kappa shape index (κ2) is 6.54. The van der Waals surface area contributed by atoms with Crippen LogP contribution in [0.3, 0.4) is 0 Å². The third-order valence-electron chi connectivity index (χ3n) is 3.41. The summed E-state index contributed by atoms with van der Waals surface area (Å²) in [7, 11) is 0. The van der Waals surface area contributed by atoms with Gasteiger partial charge in [-0.25, -0.2) is 18.4 Å². The summed E-state index contributed by atoms with van der Waals surface area (Å²) >= 11 is 0. The number of amides is 1. The molecule has 1 aromatic heterocycles. The summed E-state index contributed by atoms with van der Waals surface area (Å²) < 4.78 is 66.7. The van der Waals surface area contributed by atoms with Gasteiger partial charge in [0.25, 0.3) is 5.91 Å². The molecule has 3 aromatic rings. The highest BCUT2D eigenvalue weighted by Crippen LogP contribution is 2.33. The summed E-state index contributed by atoms with van der Waals surface area (Å²) in [6.45, 7) is 0. The quantitative estimate of drug-likeness (QED) is 0.715. The number of hydrogen-bond donors (Lipinski definition) is 1. The lowest BCUT2D eigenvalue weighted by Gasteiger charge is -2.14. The zero-order valence-corrected chi connectivity index (χ0v) is 12.8. The number of benzene rings is 2. The number of halogens is 5. The lowest BCUT2D eigenvalue weighted by Crippen LogP contribution is -2.17. The topological polar surface area (TPSA) is 59.8 Å². The molecule has 0 bridgehead atoms. The van der Waals surface area contributed by atoms with Crippen molar-refractivity contribution in [3.8, 4) is 5.69 Å². The molecule has 3 rings (SSSR count). The van der Waals surface area contributed by atoms with Gasteiger partial charge in [0, 0.05) is 6.07 Å². The molecule has 0 unspecified atom stereocenters. The minimum absolute atomic E-state index is 0.0892. The second-order valence-electron chi connectivity index (χ2n) is 5.15. The molecule has 0 atom stereocenters. The predicted octanol–water partition coefficient (Wildman–Crippen LogP) is 3.82. The van der Waals surface area contributed by atoms with Crippen LogP contribution in [0.15, 0.2) is 49.1 Å². The number of carbonyl (C=O) groups is 1. The van der Waals surface area contributed by atoms with Crippen molar-refractivity contribution < 1.29 is 26.7 Å². The van der Waals surface area contributed by atoms with E-state index in [4.69, 9.17) is 0 Å². The molecule has 10 heteroatoms. The summed E-state index contributed by atoms with van der Waals surface area (Å²) in [5.74, 6) is -3.07. The van der Waals surface area contributed by atoms with E-state index in [1.807, 2.05) is 0 Å². The van der Waals surface area contributed by atoms with Gasteiger partial charge in [0.1, 0.15) is 24.3 Å². The van der Waals surface area contributed by atoms with Crippen LogP contribution in [0, 0.1) is 11.6 Å². The fourth-order valence-corrected chi connectivity index (χ4v) is 2.21. The third-order valence-corrected chi connectivity index (χ3v) is 3.41. The van der Waals surface area contributed by atoms with Crippen molar-refractivity contribution in [3.63, 3.8) is 0 Å². The summed E-state index contributed by atoms with van der Waals surface area (Å²) in [5.41, 5.74) is -1.71. The summed E-state index contributed by atoms with van der Waals surface area (Å²) in [5, 5.41) is 6.00. The molecule has 5 nitrogen and oxygen atoms in total. The molecule has 26 heavy (non-hydrogen) atoms. The number of hydrogen-bond acceptors (Lipinski definition) is 3. The van der Waals surface area contributed by atoms with Crippen LogP contribution >= 0.6 is 0 Å². The summed E-state index contributed by atoms with van der Waals surface area (Å²) in [4.78, 5) is 15.9. The first-order valence-electron chi connectivity index (χ1n) is 7.08. The molecule has 0 spiro atoms. The highest BCUT2D eigenvalue weighted by atomic mass is 19.4. The van der Waals surface area contributed by atoms with E-state index in [0.717, 1.165) is 35.3 Å². The van der Waals surface area contributed by atoms with E-state index in [-0.39, 0.29) is 11.4 Å². The van der Waals surface area contributed by atoms with Crippen molar-refractivity contribution in [2.75, 3.05) is 5.32 Å². The van der Waals surface area contributed by atoms with Gasteiger partial charge in [0.15, 0.2) is 0 Å². The fourth-order valence-electron chi connectivity index (χ4n) is 2.21. The van der Waals surface area contributed by atoms with Crippen molar-refractivity contribution in [2.45, 2.75) is 6.18 Å². The maximum atomic E-state index is 13.7. The Bertz CT molecular complexity index is 954. The molecule has 1 heterocycles. The lowest BCUT2D eigenvalue weighted by molar-refractivity contribution is -0.137. The van der Waals surface area contributed by atoms with Crippen LogP contribution in [0.2, 0.25) is 0 Å². The number of alkyl halides is 3. The number of aromatic nitrogens is 3. The molecule has 1 N–H and O–H groups in total. The highest BCUT2D eigenvalue weighted by Gasteiger charge is 2.31. The molecule has 0 aliphatic rings. The molecule has 0 radical (unpaired) electrons. The molecule has 0 fully saturated rings. The molecule has 134 valence electrons. The van der Waals surface area contributed by atoms with Gasteiger partial charge in [-0.3, -0.25) is 4.79 Å². The molecular formula is C16H9F5N4O. The minimum atomic E-state index is -4.65. The van der Waals surface area contributed by atoms with Gasteiger partial charge >= 0.3 is 6.18 Å². The number of nitrogens with one attached hydrogen (secondary N) is 1. The average molecular weight is 368 g/mol. The second-order valence-corrected chi connectivity index (χ2v) is 5.15. The molecule has 0 saturated heterocycles. The van der Waals surface area contributed by atoms with E-state index < -0.39 is 34.8 Å². The molecule has 0 aliphatic heterocycles. The highest BCUT2D eigenvalue weighted by molar-refractivity contribution is 6.05. The Labute approximate surface area is 143 Å². The SMILES string of the molecule is O=C(Nc1cc(C(F)(F)F)ccc1-n1cncn1)c1ccc(F)cc1F. The van der Waals surface area contributed by atoms with Gasteiger partial charge in [0.2, 0.25) is 0 Å². The molecule has 0 aliphatic carbocycles. The third kappa shape index (κ3) is 3.53. The first-order valence-corrected chi connectivity index (χ1v) is 7.08. The Morgan fingerprint density at radius 1 is 1.08 bits per heavy atom. The van der Waals surface area contributed by atoms with Crippen LogP contribution < -0.4 is 5.32 Å². The predicted molar refractivity (Wildman–Crippen MR) is 80.7 cm³/mol. The first kappa shape index (κ1) is 17.5. The standard InChI is InChI=1S/C16H9F5N4O/c17-10-2-3-11(12(18)6-10)15(26)24-13-5-9(16(19,20)21)1-4-14(13)25-8-22-7-23-25/h1-8H,(H,24,26). The fraction of sp³-hybridized carbons (Fsp3) is 0.0625.